The smallest absolute Gasteiger partial charge is 0.305 e. The second kappa shape index (κ2) is 12.8. The average molecular weight is 609 g/mol. The minimum atomic E-state index is -1.29. The van der Waals surface area contributed by atoms with E-state index in [9.17, 15) is 24.3 Å². The molecule has 1 aliphatic rings. The molecule has 3 aromatic rings. The molecule has 0 saturated carbocycles. The highest BCUT2D eigenvalue weighted by atomic mass is 35.5. The average Bonchev–Trinajstić information content (AvgIpc) is 3.38. The van der Waals surface area contributed by atoms with Gasteiger partial charge in [0.05, 0.1) is 31.8 Å². The van der Waals surface area contributed by atoms with Crippen LogP contribution < -0.4 is 10.6 Å². The molecule has 0 bridgehead atoms. The molecule has 204 valence electrons. The number of nitrogens with one attached hydrogen (secondary N) is 2. The number of rotatable bonds is 8. The van der Waals surface area contributed by atoms with Crippen LogP contribution in [0.2, 0.25) is 15.1 Å². The number of hydrogen-bond donors (Lipinski definition) is 3. The minimum Gasteiger partial charge on any atom is -0.481 e. The van der Waals surface area contributed by atoms with Crippen molar-refractivity contribution < 1.29 is 24.3 Å². The summed E-state index contributed by atoms with van der Waals surface area (Å²) >= 11 is 20.3. The van der Waals surface area contributed by atoms with Crippen LogP contribution in [0, 0.1) is 0 Å². The van der Waals surface area contributed by atoms with Crippen molar-refractivity contribution in [2.45, 2.75) is 31.3 Å². The first kappa shape index (κ1) is 28.9. The fourth-order valence-corrected chi connectivity index (χ4v) is 5.93. The lowest BCUT2D eigenvalue weighted by Crippen LogP contribution is -2.53. The van der Waals surface area contributed by atoms with Crippen molar-refractivity contribution in [3.8, 4) is 0 Å². The number of nitrogens with zero attached hydrogens (tertiary/aromatic N) is 1. The molecule has 1 aromatic heterocycles. The van der Waals surface area contributed by atoms with Crippen molar-refractivity contribution >= 4 is 86.0 Å². The van der Waals surface area contributed by atoms with Crippen LogP contribution in [0.4, 0.5) is 0 Å². The van der Waals surface area contributed by atoms with E-state index in [1.165, 1.54) is 29.5 Å². The molecule has 3 amide bonds. The van der Waals surface area contributed by atoms with Gasteiger partial charge in [-0.15, -0.1) is 11.3 Å². The molecule has 0 radical (unpaired) electrons. The van der Waals surface area contributed by atoms with Gasteiger partial charge in [0.15, 0.2) is 0 Å². The fourth-order valence-electron chi connectivity index (χ4n) is 4.27. The Balaban J connectivity index is 1.33. The van der Waals surface area contributed by atoms with Crippen molar-refractivity contribution in [1.29, 1.82) is 0 Å². The second-order valence-corrected chi connectivity index (χ2v) is 11.1. The van der Waals surface area contributed by atoms with Crippen LogP contribution in [-0.2, 0) is 14.4 Å². The van der Waals surface area contributed by atoms with E-state index in [2.05, 4.69) is 10.6 Å². The normalized spacial score (nSPS) is 14.9. The maximum absolute atomic E-state index is 12.9. The van der Waals surface area contributed by atoms with Gasteiger partial charge in [-0.1, -0.05) is 46.9 Å². The molecule has 1 fully saturated rings. The Morgan fingerprint density at radius 2 is 1.79 bits per heavy atom. The van der Waals surface area contributed by atoms with Gasteiger partial charge in [-0.2, -0.15) is 0 Å². The van der Waals surface area contributed by atoms with Gasteiger partial charge in [-0.3, -0.25) is 19.2 Å². The van der Waals surface area contributed by atoms with Crippen molar-refractivity contribution in [3.63, 3.8) is 0 Å². The van der Waals surface area contributed by atoms with Crippen molar-refractivity contribution in [3.05, 3.63) is 74.0 Å². The Morgan fingerprint density at radius 3 is 2.49 bits per heavy atom. The summed E-state index contributed by atoms with van der Waals surface area (Å²) in [4.78, 5) is 51.2. The predicted octanol–water partition coefficient (Wildman–Crippen LogP) is 5.26. The summed E-state index contributed by atoms with van der Waals surface area (Å²) in [6.07, 6.45) is 3.43. The summed E-state index contributed by atoms with van der Waals surface area (Å²) < 4.78 is 0.892. The molecular formula is C27H24Cl3N3O5S. The highest BCUT2D eigenvalue weighted by Crippen LogP contribution is 2.37. The van der Waals surface area contributed by atoms with E-state index in [-0.39, 0.29) is 22.5 Å². The van der Waals surface area contributed by atoms with E-state index in [1.807, 2.05) is 17.5 Å². The first-order chi connectivity index (χ1) is 18.6. The Labute approximate surface area is 243 Å². The Bertz CT molecular complexity index is 1450. The minimum absolute atomic E-state index is 0.140. The van der Waals surface area contributed by atoms with Gasteiger partial charge in [-0.25, -0.2) is 0 Å². The molecule has 1 aliphatic heterocycles. The van der Waals surface area contributed by atoms with E-state index >= 15 is 0 Å². The number of benzene rings is 2. The van der Waals surface area contributed by atoms with Gasteiger partial charge < -0.3 is 20.6 Å². The summed E-state index contributed by atoms with van der Waals surface area (Å²) in [5.41, 5.74) is 0.785. The Kier molecular flexibility index (Phi) is 9.50. The lowest BCUT2D eigenvalue weighted by molar-refractivity contribution is -0.140. The monoisotopic (exact) mass is 607 g/mol. The molecule has 2 aromatic carbocycles. The van der Waals surface area contributed by atoms with Crippen molar-refractivity contribution in [2.75, 3.05) is 13.1 Å². The van der Waals surface area contributed by atoms with Crippen LogP contribution in [0.15, 0.2) is 47.9 Å². The van der Waals surface area contributed by atoms with Crippen LogP contribution in [-0.4, -0.2) is 58.9 Å². The number of hydrogen-bond acceptors (Lipinski definition) is 5. The summed E-state index contributed by atoms with van der Waals surface area (Å²) in [6.45, 7) is 0.781. The van der Waals surface area contributed by atoms with Crippen molar-refractivity contribution in [2.24, 2.45) is 0 Å². The van der Waals surface area contributed by atoms with Crippen LogP contribution >= 0.6 is 46.1 Å². The fraction of sp³-hybridized carbons (Fsp3) is 0.259. The summed E-state index contributed by atoms with van der Waals surface area (Å²) in [7, 11) is 0. The lowest BCUT2D eigenvalue weighted by Gasteiger charge is -2.32. The molecule has 1 atom stereocenters. The van der Waals surface area contributed by atoms with Gasteiger partial charge in [-0.05, 0) is 59.5 Å². The zero-order valence-corrected chi connectivity index (χ0v) is 23.5. The molecular weight excluding hydrogens is 585 g/mol. The maximum Gasteiger partial charge on any atom is 0.305 e. The van der Waals surface area contributed by atoms with Gasteiger partial charge >= 0.3 is 5.97 Å². The highest BCUT2D eigenvalue weighted by molar-refractivity contribution is 7.18. The summed E-state index contributed by atoms with van der Waals surface area (Å²) in [5, 5.41) is 18.4. The van der Waals surface area contributed by atoms with Crippen LogP contribution in [0.3, 0.4) is 0 Å². The van der Waals surface area contributed by atoms with Crippen molar-refractivity contribution in [1.82, 2.24) is 15.5 Å². The summed E-state index contributed by atoms with van der Waals surface area (Å²) in [5.74, 6) is -2.69. The zero-order valence-electron chi connectivity index (χ0n) is 20.5. The molecule has 0 unspecified atom stereocenters. The molecule has 1 saturated heterocycles. The van der Waals surface area contributed by atoms with Gasteiger partial charge in [0.2, 0.25) is 11.8 Å². The number of piperidine rings is 1. The topological polar surface area (TPSA) is 116 Å². The van der Waals surface area contributed by atoms with Crippen LogP contribution in [0.25, 0.3) is 16.2 Å². The van der Waals surface area contributed by atoms with Gasteiger partial charge in [0.25, 0.3) is 5.91 Å². The Morgan fingerprint density at radius 1 is 1.08 bits per heavy atom. The van der Waals surface area contributed by atoms with E-state index in [4.69, 9.17) is 34.8 Å². The number of carbonyl (C=O) groups excluding carboxylic acids is 3. The predicted molar refractivity (Wildman–Crippen MR) is 154 cm³/mol. The standard InChI is InChI=1S/C27H24Cl3N3O5S/c28-19-4-2-1-3-18(19)26(37)32-20(14-22(35)36)27(38)31-17-7-10-33(11-8-17)21(34)6-5-15-13-16-9-12-39-25(16)24(30)23(15)29/h1-6,9,12-13,17,20H,7-8,10-11,14H2,(H,31,38)(H,32,37)(H,35,36)/b6-5+/t20-/m0/s1. The molecule has 4 rings (SSSR count). The number of carboxylic acid groups (broad SMARTS) is 1. The molecule has 12 heteroatoms. The SMILES string of the molecule is O=C(O)C[C@H](NC(=O)c1ccccc1Cl)C(=O)NC1CCN(C(=O)/C=C/c2cc3ccsc3c(Cl)c2Cl)CC1. The lowest BCUT2D eigenvalue weighted by atomic mass is 10.0. The number of carbonyl (C=O) groups is 4. The largest absolute Gasteiger partial charge is 0.481 e. The first-order valence-corrected chi connectivity index (χ1v) is 14.0. The zero-order chi connectivity index (χ0) is 28.1. The Hall–Kier alpha value is -3.11. The summed E-state index contributed by atoms with van der Waals surface area (Å²) in [6, 6.07) is 8.52. The third kappa shape index (κ3) is 7.10. The van der Waals surface area contributed by atoms with E-state index in [0.717, 1.165) is 10.1 Å². The van der Waals surface area contributed by atoms with E-state index in [0.29, 0.717) is 41.5 Å². The second-order valence-electron chi connectivity index (χ2n) is 8.98. The van der Waals surface area contributed by atoms with Gasteiger partial charge in [0, 0.05) is 25.2 Å². The number of halogens is 3. The highest BCUT2D eigenvalue weighted by Gasteiger charge is 2.29. The number of likely N-dealkylation sites (tertiary alicyclic amines) is 1. The maximum atomic E-state index is 12.9. The number of fused-ring (bicyclic) bond motifs is 1. The third-order valence-electron chi connectivity index (χ3n) is 6.33. The molecule has 3 N–H and O–H groups in total. The van der Waals surface area contributed by atoms with Crippen LogP contribution in [0.1, 0.15) is 35.2 Å². The molecule has 39 heavy (non-hydrogen) atoms. The first-order valence-electron chi connectivity index (χ1n) is 12.0. The number of amides is 3. The van der Waals surface area contributed by atoms with Gasteiger partial charge in [0.1, 0.15) is 6.04 Å². The molecule has 0 aliphatic carbocycles. The van der Waals surface area contributed by atoms with E-state index < -0.39 is 30.2 Å². The number of aliphatic carboxylic acids is 1. The van der Waals surface area contributed by atoms with Crippen LogP contribution in [0.5, 0.6) is 0 Å². The number of thiophene rings is 1. The molecule has 8 nitrogen and oxygen atoms in total. The van der Waals surface area contributed by atoms with E-state index in [1.54, 1.807) is 23.1 Å². The number of carboxylic acids is 1. The molecule has 2 heterocycles. The molecule has 0 spiro atoms. The third-order valence-corrected chi connectivity index (χ3v) is 8.60. The quantitative estimate of drug-likeness (QED) is 0.302.